The summed E-state index contributed by atoms with van der Waals surface area (Å²) >= 11 is 6.56. The van der Waals surface area contributed by atoms with Gasteiger partial charge >= 0.3 is 49.5 Å². The number of hydrogen-bond donors (Lipinski definition) is 3. The van der Waals surface area contributed by atoms with Gasteiger partial charge in [0.05, 0.1) is 32.3 Å². The second-order valence-electron chi connectivity index (χ2n) is 6.88. The number of carbonyl (C=O) groups is 1. The van der Waals surface area contributed by atoms with Crippen molar-refractivity contribution in [3.8, 4) is 5.69 Å². The van der Waals surface area contributed by atoms with Crippen LogP contribution in [0.2, 0.25) is 4.34 Å². The molecule has 0 unspecified atom stereocenters. The molecule has 2 heterocycles. The zero-order chi connectivity index (χ0) is 24.8. The molecular formula is C20H17CaClFN5O5S2. The Morgan fingerprint density at radius 1 is 1.20 bits per heavy atom. The van der Waals surface area contributed by atoms with Crippen molar-refractivity contribution in [2.45, 2.75) is 4.21 Å². The number of benzene rings is 2. The van der Waals surface area contributed by atoms with E-state index in [1.165, 1.54) is 49.5 Å². The summed E-state index contributed by atoms with van der Waals surface area (Å²) < 4.78 is 41.1. The van der Waals surface area contributed by atoms with Crippen molar-refractivity contribution in [2.75, 3.05) is 16.7 Å². The van der Waals surface area contributed by atoms with Gasteiger partial charge in [0.2, 0.25) is 0 Å². The smallest absolute Gasteiger partial charge is 1.00 e. The number of sulfonamides is 1. The topological polar surface area (TPSA) is 147 Å². The van der Waals surface area contributed by atoms with Crippen LogP contribution in [-0.2, 0) is 10.0 Å². The number of carbonyl (C=O) groups excluding carboxylic acids is 1. The molecule has 2 aromatic carbocycles. The summed E-state index contributed by atoms with van der Waals surface area (Å²) in [7, 11) is -2.86. The molecule has 4 rings (SSSR count). The summed E-state index contributed by atoms with van der Waals surface area (Å²) in [5, 5.41) is 2.55. The van der Waals surface area contributed by atoms with Gasteiger partial charge in [-0.05, 0) is 48.5 Å². The number of anilines is 2. The summed E-state index contributed by atoms with van der Waals surface area (Å²) in [5.74, 6) is -0.683. The fraction of sp³-hybridized carbons (Fsp3) is 0.0500. The number of H-pyrrole nitrogens is 1. The van der Waals surface area contributed by atoms with Gasteiger partial charge in [0.1, 0.15) is 10.0 Å². The molecule has 0 aliphatic carbocycles. The number of hydrogen-bond acceptors (Lipinski definition) is 7. The molecule has 4 aromatic rings. The first-order valence-electron chi connectivity index (χ1n) is 9.41. The number of aromatic amines is 1. The number of rotatable bonds is 5. The SMILES string of the molecule is CNc1cc2[nH]c(=O)n(-c3ccc(N(C(N)=O)S(=O)(=O)c4ccc(Cl)s4)cc3)c(=O)c2cc1F.[Ca+2].[H-].[H-]. The number of amides is 2. The Balaban J connectivity index is 0.00000228. The average Bonchev–Trinajstić information content (AvgIpc) is 3.22. The van der Waals surface area contributed by atoms with Crippen molar-refractivity contribution >= 4 is 99.0 Å². The summed E-state index contributed by atoms with van der Waals surface area (Å²) in [6.45, 7) is 0. The number of nitrogens with two attached hydrogens (primary N) is 1. The van der Waals surface area contributed by atoms with E-state index in [9.17, 15) is 27.2 Å². The minimum absolute atomic E-state index is 0. The molecule has 180 valence electrons. The largest absolute Gasteiger partial charge is 2.00 e. The molecule has 2 aromatic heterocycles. The molecule has 0 atom stereocenters. The van der Waals surface area contributed by atoms with Crippen molar-refractivity contribution in [1.82, 2.24) is 9.55 Å². The Labute approximate surface area is 239 Å². The fourth-order valence-electron chi connectivity index (χ4n) is 3.31. The van der Waals surface area contributed by atoms with E-state index in [4.69, 9.17) is 17.3 Å². The molecular weight excluding hydrogens is 549 g/mol. The molecule has 0 aliphatic heterocycles. The van der Waals surface area contributed by atoms with E-state index in [-0.39, 0.29) is 77.1 Å². The third-order valence-electron chi connectivity index (χ3n) is 4.84. The minimum atomic E-state index is -4.36. The maximum Gasteiger partial charge on any atom is 2.00 e. The van der Waals surface area contributed by atoms with Gasteiger partial charge in [0, 0.05) is 7.05 Å². The van der Waals surface area contributed by atoms with E-state index < -0.39 is 33.1 Å². The molecule has 0 saturated heterocycles. The average molecular weight is 566 g/mol. The Bertz CT molecular complexity index is 1680. The predicted molar refractivity (Wildman–Crippen MR) is 136 cm³/mol. The van der Waals surface area contributed by atoms with Gasteiger partial charge in [-0.3, -0.25) is 4.79 Å². The van der Waals surface area contributed by atoms with Crippen LogP contribution < -0.4 is 26.6 Å². The number of thiophene rings is 1. The van der Waals surface area contributed by atoms with Crippen LogP contribution in [0.25, 0.3) is 16.6 Å². The number of nitrogens with zero attached hydrogens (tertiary/aromatic N) is 2. The molecule has 0 aliphatic rings. The van der Waals surface area contributed by atoms with Gasteiger partial charge in [0.25, 0.3) is 15.6 Å². The van der Waals surface area contributed by atoms with Crippen LogP contribution in [0.15, 0.2) is 62.3 Å². The molecule has 0 spiro atoms. The van der Waals surface area contributed by atoms with Gasteiger partial charge in [-0.25, -0.2) is 18.5 Å². The molecule has 35 heavy (non-hydrogen) atoms. The number of urea groups is 1. The summed E-state index contributed by atoms with van der Waals surface area (Å²) in [5.41, 5.74) is 3.89. The van der Waals surface area contributed by atoms with E-state index >= 15 is 0 Å². The van der Waals surface area contributed by atoms with Crippen LogP contribution in [0, 0.1) is 5.82 Å². The van der Waals surface area contributed by atoms with Crippen molar-refractivity contribution in [3.63, 3.8) is 0 Å². The normalized spacial score (nSPS) is 11.2. The third kappa shape index (κ3) is 4.97. The molecule has 0 fully saturated rings. The van der Waals surface area contributed by atoms with Crippen LogP contribution in [0.3, 0.4) is 0 Å². The second-order valence-corrected chi connectivity index (χ2v) is 10.6. The standard InChI is InChI=1S/C20H15ClFN5O5S2.Ca.2H/c1-24-15-9-14-12(8-13(15)22)18(28)26(20(30)25-14)10-2-4-11(5-3-10)27(19(23)29)34(31,32)17-7-6-16(21)33-17;;;/h2-9,24H,1H3,(H2,23,29)(H,25,30);;;/q;+2;2*-1. The number of fused-ring (bicyclic) bond motifs is 1. The first kappa shape index (κ1) is 27.2. The van der Waals surface area contributed by atoms with Crippen LogP contribution in [0.4, 0.5) is 20.6 Å². The van der Waals surface area contributed by atoms with E-state index in [1.807, 2.05) is 0 Å². The minimum Gasteiger partial charge on any atom is -1.00 e. The maximum absolute atomic E-state index is 14.2. The molecule has 15 heteroatoms. The van der Waals surface area contributed by atoms with Crippen molar-refractivity contribution in [1.29, 1.82) is 0 Å². The number of nitrogens with one attached hydrogen (secondary N) is 2. The molecule has 0 bridgehead atoms. The Morgan fingerprint density at radius 2 is 1.86 bits per heavy atom. The monoisotopic (exact) mass is 565 g/mol. The van der Waals surface area contributed by atoms with Crippen molar-refractivity contribution in [3.05, 3.63) is 79.5 Å². The van der Waals surface area contributed by atoms with Crippen LogP contribution >= 0.6 is 22.9 Å². The van der Waals surface area contributed by atoms with E-state index in [1.54, 1.807) is 0 Å². The maximum atomic E-state index is 14.2. The van der Waals surface area contributed by atoms with Crippen LogP contribution in [0.5, 0.6) is 0 Å². The van der Waals surface area contributed by atoms with Gasteiger partial charge in [-0.2, -0.15) is 12.7 Å². The summed E-state index contributed by atoms with van der Waals surface area (Å²) in [6, 6.07) is 8.54. The Kier molecular flexibility index (Phi) is 7.99. The fourth-order valence-corrected chi connectivity index (χ4v) is 6.20. The van der Waals surface area contributed by atoms with Gasteiger partial charge in [0.15, 0.2) is 0 Å². The Hall–Kier alpha value is -2.42. The second kappa shape index (κ2) is 10.3. The predicted octanol–water partition coefficient (Wildman–Crippen LogP) is 2.69. The first-order valence-corrected chi connectivity index (χ1v) is 12.0. The van der Waals surface area contributed by atoms with Crippen LogP contribution in [0.1, 0.15) is 2.85 Å². The van der Waals surface area contributed by atoms with E-state index in [0.29, 0.717) is 4.31 Å². The molecule has 0 radical (unpaired) electrons. The Morgan fingerprint density at radius 3 is 2.40 bits per heavy atom. The van der Waals surface area contributed by atoms with Gasteiger partial charge < -0.3 is 18.9 Å². The molecule has 10 nitrogen and oxygen atoms in total. The zero-order valence-corrected chi connectivity index (χ0v) is 22.5. The molecule has 4 N–H and O–H groups in total. The zero-order valence-electron chi connectivity index (χ0n) is 19.9. The molecule has 0 saturated carbocycles. The van der Waals surface area contributed by atoms with Crippen molar-refractivity contribution in [2.24, 2.45) is 5.73 Å². The van der Waals surface area contributed by atoms with Crippen LogP contribution in [-0.4, -0.2) is 68.8 Å². The third-order valence-corrected chi connectivity index (χ3v) is 8.26. The number of aromatic nitrogens is 2. The van der Waals surface area contributed by atoms with E-state index in [0.717, 1.165) is 22.0 Å². The molecule has 2 amide bonds. The first-order chi connectivity index (χ1) is 16.0. The van der Waals surface area contributed by atoms with Crippen molar-refractivity contribution < 1.29 is 20.5 Å². The number of halogens is 2. The summed E-state index contributed by atoms with van der Waals surface area (Å²) in [4.78, 5) is 40.1. The van der Waals surface area contributed by atoms with Gasteiger partial charge in [-0.15, -0.1) is 11.3 Å². The van der Waals surface area contributed by atoms with Gasteiger partial charge in [-0.1, -0.05) is 11.6 Å². The number of primary amides is 1. The quantitative estimate of drug-likeness (QED) is 0.317. The van der Waals surface area contributed by atoms with E-state index in [2.05, 4.69) is 10.3 Å². The summed E-state index contributed by atoms with van der Waals surface area (Å²) in [6.07, 6.45) is 0.